The van der Waals surface area contributed by atoms with Crippen molar-refractivity contribution >= 4 is 33.4 Å². The average molecular weight is 377 g/mol. The van der Waals surface area contributed by atoms with E-state index in [1.165, 1.54) is 16.2 Å². The van der Waals surface area contributed by atoms with Crippen LogP contribution in [0.1, 0.15) is 18.5 Å². The van der Waals surface area contributed by atoms with Crippen LogP contribution in [-0.4, -0.2) is 37.9 Å². The third-order valence-corrected chi connectivity index (χ3v) is 5.89. The number of hydrogen-bond donors (Lipinski definition) is 0. The lowest BCUT2D eigenvalue weighted by atomic mass is 10.0. The zero-order chi connectivity index (χ0) is 18.1. The number of pyridine rings is 1. The zero-order valence-electron chi connectivity index (χ0n) is 14.8. The molecule has 1 fully saturated rings. The van der Waals surface area contributed by atoms with Gasteiger partial charge >= 0.3 is 0 Å². The molecule has 0 spiro atoms. The summed E-state index contributed by atoms with van der Waals surface area (Å²) in [6, 6.07) is 16.7. The van der Waals surface area contributed by atoms with Crippen molar-refractivity contribution in [3.05, 3.63) is 54.2 Å². The van der Waals surface area contributed by atoms with Crippen molar-refractivity contribution < 1.29 is 4.74 Å². The Labute approximate surface area is 160 Å². The van der Waals surface area contributed by atoms with Crippen molar-refractivity contribution in [2.45, 2.75) is 36.4 Å². The summed E-state index contributed by atoms with van der Waals surface area (Å²) < 4.78 is 7.56. The Balaban J connectivity index is 1.44. The lowest BCUT2D eigenvalue weighted by Crippen LogP contribution is -2.16. The molecule has 0 radical (unpaired) electrons. The predicted octanol–water partition coefficient (Wildman–Crippen LogP) is 3.85. The third kappa shape index (κ3) is 3.28. The van der Waals surface area contributed by atoms with Gasteiger partial charge in [0, 0.05) is 23.1 Å². The molecule has 0 bridgehead atoms. The molecular formula is C20H19N5OS. The Morgan fingerprint density at radius 2 is 1.85 bits per heavy atom. The van der Waals surface area contributed by atoms with Crippen LogP contribution in [0.3, 0.4) is 0 Å². The highest BCUT2D eigenvalue weighted by atomic mass is 32.2. The summed E-state index contributed by atoms with van der Waals surface area (Å²) in [5, 5.41) is 16.6. The number of para-hydroxylation sites is 1. The highest BCUT2D eigenvalue weighted by Gasteiger charge is 2.19. The fourth-order valence-electron chi connectivity index (χ4n) is 3.61. The summed E-state index contributed by atoms with van der Waals surface area (Å²) in [6.07, 6.45) is 2.40. The van der Waals surface area contributed by atoms with E-state index in [0.717, 1.165) is 41.6 Å². The quantitative estimate of drug-likeness (QED) is 0.389. The van der Waals surface area contributed by atoms with Crippen LogP contribution >= 0.6 is 11.8 Å². The number of ether oxygens (including phenoxy) is 1. The van der Waals surface area contributed by atoms with Crippen LogP contribution in [-0.2, 0) is 17.0 Å². The molecule has 1 unspecified atom stereocenters. The van der Waals surface area contributed by atoms with Crippen LogP contribution in [0.4, 0.5) is 0 Å². The number of hydrogen-bond acceptors (Lipinski definition) is 6. The van der Waals surface area contributed by atoms with Gasteiger partial charge in [0.25, 0.3) is 0 Å². The van der Waals surface area contributed by atoms with Gasteiger partial charge in [-0.25, -0.2) is 4.68 Å². The molecule has 27 heavy (non-hydrogen) atoms. The summed E-state index contributed by atoms with van der Waals surface area (Å²) in [5.41, 5.74) is 2.08. The topological polar surface area (TPSA) is 65.7 Å². The summed E-state index contributed by atoms with van der Waals surface area (Å²) in [6.45, 7) is 1.55. The maximum Gasteiger partial charge on any atom is 0.209 e. The van der Waals surface area contributed by atoms with E-state index < -0.39 is 0 Å². The fraction of sp³-hybridized carbons (Fsp3) is 0.300. The number of benzene rings is 2. The minimum atomic E-state index is 0.215. The van der Waals surface area contributed by atoms with Crippen molar-refractivity contribution in [2.75, 3.05) is 6.61 Å². The molecule has 0 aliphatic carbocycles. The molecule has 1 saturated heterocycles. The van der Waals surface area contributed by atoms with Gasteiger partial charge in [-0.2, -0.15) is 0 Å². The fourth-order valence-corrected chi connectivity index (χ4v) is 4.45. The lowest BCUT2D eigenvalue weighted by molar-refractivity contribution is 0.0912. The normalized spacial score (nSPS) is 17.1. The molecule has 5 rings (SSSR count). The van der Waals surface area contributed by atoms with Gasteiger partial charge in [0.15, 0.2) is 0 Å². The van der Waals surface area contributed by atoms with E-state index >= 15 is 0 Å². The molecule has 1 atom stereocenters. The summed E-state index contributed by atoms with van der Waals surface area (Å²) in [7, 11) is 0. The Kier molecular flexibility index (Phi) is 4.47. The van der Waals surface area contributed by atoms with Crippen LogP contribution in [0.2, 0.25) is 0 Å². The van der Waals surface area contributed by atoms with E-state index in [1.807, 2.05) is 10.7 Å². The lowest BCUT2D eigenvalue weighted by Gasteiger charge is -2.11. The molecule has 2 aromatic heterocycles. The maximum atomic E-state index is 5.71. The van der Waals surface area contributed by atoms with Gasteiger partial charge < -0.3 is 4.74 Å². The second-order valence-corrected chi connectivity index (χ2v) is 7.63. The first-order valence-electron chi connectivity index (χ1n) is 9.15. The Bertz CT molecular complexity index is 1090. The minimum absolute atomic E-state index is 0.215. The van der Waals surface area contributed by atoms with Gasteiger partial charge in [0.1, 0.15) is 0 Å². The second kappa shape index (κ2) is 7.25. The number of fused-ring (bicyclic) bond motifs is 3. The molecule has 1 aliphatic heterocycles. The number of aromatic nitrogens is 5. The number of rotatable bonds is 5. The number of nitrogens with zero attached hydrogens (tertiary/aromatic N) is 5. The summed E-state index contributed by atoms with van der Waals surface area (Å²) in [5.74, 6) is 0.719. The van der Waals surface area contributed by atoms with Gasteiger partial charge in [-0.05, 0) is 34.7 Å². The Hall–Kier alpha value is -2.51. The molecule has 6 nitrogen and oxygen atoms in total. The van der Waals surface area contributed by atoms with E-state index in [2.05, 4.69) is 58.0 Å². The van der Waals surface area contributed by atoms with E-state index in [4.69, 9.17) is 9.72 Å². The monoisotopic (exact) mass is 377 g/mol. The van der Waals surface area contributed by atoms with Crippen molar-refractivity contribution in [3.8, 4) is 0 Å². The molecule has 1 aliphatic rings. The minimum Gasteiger partial charge on any atom is -0.376 e. The van der Waals surface area contributed by atoms with E-state index in [9.17, 15) is 0 Å². The molecule has 7 heteroatoms. The van der Waals surface area contributed by atoms with Gasteiger partial charge in [-0.1, -0.05) is 54.2 Å². The number of thioether (sulfide) groups is 1. The molecule has 136 valence electrons. The predicted molar refractivity (Wildman–Crippen MR) is 106 cm³/mol. The molecule has 4 aromatic rings. The third-order valence-electron chi connectivity index (χ3n) is 4.93. The molecule has 0 amide bonds. The first kappa shape index (κ1) is 16.6. The first-order chi connectivity index (χ1) is 13.4. The highest BCUT2D eigenvalue weighted by Crippen LogP contribution is 2.30. The van der Waals surface area contributed by atoms with Crippen molar-refractivity contribution in [2.24, 2.45) is 0 Å². The van der Waals surface area contributed by atoms with Crippen LogP contribution in [0.25, 0.3) is 21.7 Å². The van der Waals surface area contributed by atoms with Gasteiger partial charge in [0.2, 0.25) is 5.16 Å². The molecule has 2 aromatic carbocycles. The van der Waals surface area contributed by atoms with Gasteiger partial charge in [0.05, 0.1) is 23.9 Å². The zero-order valence-corrected chi connectivity index (χ0v) is 15.6. The molecule has 0 saturated carbocycles. The summed E-state index contributed by atoms with van der Waals surface area (Å²) in [4.78, 5) is 4.91. The smallest absolute Gasteiger partial charge is 0.209 e. The Morgan fingerprint density at radius 1 is 1.04 bits per heavy atom. The van der Waals surface area contributed by atoms with E-state index in [1.54, 1.807) is 11.8 Å². The van der Waals surface area contributed by atoms with Crippen molar-refractivity contribution in [1.82, 2.24) is 25.2 Å². The van der Waals surface area contributed by atoms with Gasteiger partial charge in [-0.15, -0.1) is 5.10 Å². The van der Waals surface area contributed by atoms with Crippen molar-refractivity contribution in [3.63, 3.8) is 0 Å². The van der Waals surface area contributed by atoms with Crippen LogP contribution in [0.15, 0.2) is 53.7 Å². The molecule has 3 heterocycles. The summed E-state index contributed by atoms with van der Waals surface area (Å²) >= 11 is 1.62. The van der Waals surface area contributed by atoms with E-state index in [0.29, 0.717) is 6.54 Å². The van der Waals surface area contributed by atoms with Crippen LogP contribution < -0.4 is 0 Å². The SMILES string of the molecule is c1ccc2c(c1)nc(CSc1nnnn1CC1CCCO1)c1ccccc12. The highest BCUT2D eigenvalue weighted by molar-refractivity contribution is 7.98. The van der Waals surface area contributed by atoms with Crippen LogP contribution in [0.5, 0.6) is 0 Å². The molecular weight excluding hydrogens is 358 g/mol. The van der Waals surface area contributed by atoms with E-state index in [-0.39, 0.29) is 6.10 Å². The average Bonchev–Trinajstić information content (AvgIpc) is 3.39. The van der Waals surface area contributed by atoms with Crippen molar-refractivity contribution in [1.29, 1.82) is 0 Å². The van der Waals surface area contributed by atoms with Gasteiger partial charge in [-0.3, -0.25) is 4.98 Å². The second-order valence-electron chi connectivity index (χ2n) is 6.69. The maximum absolute atomic E-state index is 5.71. The molecule has 0 N–H and O–H groups in total. The van der Waals surface area contributed by atoms with Crippen LogP contribution in [0, 0.1) is 0 Å². The standard InChI is InChI=1S/C20H19N5OS/c1-2-9-17-15(7-1)16-8-3-4-10-18(16)21-19(17)13-27-20-22-23-24-25(20)12-14-6-5-11-26-14/h1-4,7-10,14H,5-6,11-13H2. The largest absolute Gasteiger partial charge is 0.376 e. The first-order valence-corrected chi connectivity index (χ1v) is 10.1. The number of tetrazole rings is 1. The Morgan fingerprint density at radius 3 is 2.70 bits per heavy atom.